The van der Waals surface area contributed by atoms with Gasteiger partial charge in [-0.25, -0.2) is 4.68 Å². The van der Waals surface area contributed by atoms with Crippen molar-refractivity contribution in [2.75, 3.05) is 0 Å². The minimum Gasteiger partial charge on any atom is -0.292 e. The molecule has 1 saturated carbocycles. The van der Waals surface area contributed by atoms with E-state index in [0.29, 0.717) is 12.1 Å². The molecule has 1 aliphatic carbocycles. The van der Waals surface area contributed by atoms with Crippen LogP contribution in [0.5, 0.6) is 0 Å². The summed E-state index contributed by atoms with van der Waals surface area (Å²) in [7, 11) is 1.76. The molecular weight excluding hydrogens is 190 g/mol. The van der Waals surface area contributed by atoms with Crippen molar-refractivity contribution in [2.24, 2.45) is 13.0 Å². The average molecular weight is 207 g/mol. The van der Waals surface area contributed by atoms with Crippen molar-refractivity contribution < 1.29 is 4.79 Å². The van der Waals surface area contributed by atoms with Crippen molar-refractivity contribution in [3.63, 3.8) is 0 Å². The first-order chi connectivity index (χ1) is 7.27. The third kappa shape index (κ3) is 2.43. The van der Waals surface area contributed by atoms with Crippen LogP contribution in [0.4, 0.5) is 0 Å². The molecular formula is C11H17N3O. The summed E-state index contributed by atoms with van der Waals surface area (Å²) in [5, 5.41) is 7.48. The van der Waals surface area contributed by atoms with Gasteiger partial charge in [-0.1, -0.05) is 30.9 Å². The molecule has 0 amide bonds. The third-order valence-electron chi connectivity index (χ3n) is 3.25. The molecule has 15 heavy (non-hydrogen) atoms. The van der Waals surface area contributed by atoms with Crippen LogP contribution in [-0.4, -0.2) is 20.8 Å². The highest BCUT2D eigenvalue weighted by molar-refractivity contribution is 5.94. The van der Waals surface area contributed by atoms with E-state index in [1.807, 2.05) is 0 Å². The van der Waals surface area contributed by atoms with E-state index in [2.05, 4.69) is 10.3 Å². The zero-order chi connectivity index (χ0) is 10.7. The number of carbonyl (C=O) groups is 1. The van der Waals surface area contributed by atoms with Gasteiger partial charge in [0.05, 0.1) is 6.20 Å². The Hall–Kier alpha value is -1.19. The van der Waals surface area contributed by atoms with Crippen molar-refractivity contribution in [1.29, 1.82) is 0 Å². The number of aromatic nitrogens is 3. The zero-order valence-electron chi connectivity index (χ0n) is 9.15. The molecule has 0 spiro atoms. The molecule has 1 fully saturated rings. The zero-order valence-corrected chi connectivity index (χ0v) is 9.15. The van der Waals surface area contributed by atoms with Gasteiger partial charge >= 0.3 is 0 Å². The SMILES string of the molecule is Cn1nncc1C(=O)CCC1CCCC1. The average Bonchev–Trinajstić information content (AvgIpc) is 2.84. The molecule has 4 nitrogen and oxygen atoms in total. The van der Waals surface area contributed by atoms with E-state index in [4.69, 9.17) is 0 Å². The molecule has 0 aromatic carbocycles. The maximum absolute atomic E-state index is 11.8. The van der Waals surface area contributed by atoms with Crippen LogP contribution < -0.4 is 0 Å². The summed E-state index contributed by atoms with van der Waals surface area (Å²) in [6.07, 6.45) is 8.51. The van der Waals surface area contributed by atoms with Crippen LogP contribution in [0.3, 0.4) is 0 Å². The third-order valence-corrected chi connectivity index (χ3v) is 3.25. The van der Waals surface area contributed by atoms with E-state index in [1.54, 1.807) is 17.9 Å². The minimum absolute atomic E-state index is 0.175. The molecule has 0 saturated heterocycles. The Labute approximate surface area is 89.7 Å². The largest absolute Gasteiger partial charge is 0.292 e. The number of ketones is 1. The smallest absolute Gasteiger partial charge is 0.182 e. The highest BCUT2D eigenvalue weighted by Crippen LogP contribution is 2.28. The Bertz CT molecular complexity index is 339. The first kappa shape index (κ1) is 10.3. The molecule has 0 atom stereocenters. The van der Waals surface area contributed by atoms with Crippen LogP contribution in [0.25, 0.3) is 0 Å². The van der Waals surface area contributed by atoms with Gasteiger partial charge in [-0.15, -0.1) is 5.10 Å². The molecule has 0 aliphatic heterocycles. The van der Waals surface area contributed by atoms with Crippen molar-refractivity contribution in [2.45, 2.75) is 38.5 Å². The van der Waals surface area contributed by atoms with Crippen molar-refractivity contribution in [3.05, 3.63) is 11.9 Å². The molecule has 4 heteroatoms. The van der Waals surface area contributed by atoms with Crippen LogP contribution in [-0.2, 0) is 7.05 Å². The van der Waals surface area contributed by atoms with Gasteiger partial charge in [-0.3, -0.25) is 4.79 Å². The number of Topliss-reactive ketones (excluding diaryl/α,β-unsaturated/α-hetero) is 1. The second-order valence-corrected chi connectivity index (χ2v) is 4.36. The van der Waals surface area contributed by atoms with Crippen LogP contribution in [0, 0.1) is 5.92 Å². The summed E-state index contributed by atoms with van der Waals surface area (Å²) in [5.41, 5.74) is 0.632. The molecule has 1 aromatic rings. The molecule has 0 bridgehead atoms. The molecule has 1 heterocycles. The summed E-state index contributed by atoms with van der Waals surface area (Å²) < 4.78 is 1.55. The fraction of sp³-hybridized carbons (Fsp3) is 0.727. The second kappa shape index (κ2) is 4.55. The van der Waals surface area contributed by atoms with E-state index in [9.17, 15) is 4.79 Å². The van der Waals surface area contributed by atoms with E-state index in [0.717, 1.165) is 12.3 Å². The lowest BCUT2D eigenvalue weighted by Crippen LogP contribution is -2.08. The van der Waals surface area contributed by atoms with Crippen molar-refractivity contribution >= 4 is 5.78 Å². The summed E-state index contributed by atoms with van der Waals surface area (Å²) in [6, 6.07) is 0. The first-order valence-corrected chi connectivity index (χ1v) is 5.65. The Morgan fingerprint density at radius 1 is 1.53 bits per heavy atom. The van der Waals surface area contributed by atoms with Crippen molar-refractivity contribution in [1.82, 2.24) is 15.0 Å². The predicted molar refractivity (Wildman–Crippen MR) is 56.5 cm³/mol. The summed E-state index contributed by atoms with van der Waals surface area (Å²) in [5.74, 6) is 0.949. The van der Waals surface area contributed by atoms with Gasteiger partial charge in [0.15, 0.2) is 5.78 Å². The van der Waals surface area contributed by atoms with E-state index in [-0.39, 0.29) is 5.78 Å². The lowest BCUT2D eigenvalue weighted by Gasteiger charge is -2.07. The highest BCUT2D eigenvalue weighted by Gasteiger charge is 2.18. The van der Waals surface area contributed by atoms with E-state index >= 15 is 0 Å². The standard InChI is InChI=1S/C11H17N3O/c1-14-10(8-12-13-14)11(15)7-6-9-4-2-3-5-9/h8-9H,2-7H2,1H3. The van der Waals surface area contributed by atoms with Crippen LogP contribution in [0.15, 0.2) is 6.20 Å². The lowest BCUT2D eigenvalue weighted by atomic mass is 9.99. The summed E-state index contributed by atoms with van der Waals surface area (Å²) in [4.78, 5) is 11.8. The van der Waals surface area contributed by atoms with Gasteiger partial charge in [0.25, 0.3) is 0 Å². The Kier molecular flexibility index (Phi) is 3.14. The van der Waals surface area contributed by atoms with Gasteiger partial charge in [-0.2, -0.15) is 0 Å². The highest BCUT2D eigenvalue weighted by atomic mass is 16.1. The van der Waals surface area contributed by atoms with Crippen LogP contribution in [0.2, 0.25) is 0 Å². The number of carbonyl (C=O) groups excluding carboxylic acids is 1. The topological polar surface area (TPSA) is 47.8 Å². The van der Waals surface area contributed by atoms with Gasteiger partial charge in [0.1, 0.15) is 5.69 Å². The summed E-state index contributed by atoms with van der Waals surface area (Å²) in [6.45, 7) is 0. The molecule has 0 unspecified atom stereocenters. The molecule has 1 aliphatic rings. The Morgan fingerprint density at radius 2 is 2.27 bits per heavy atom. The van der Waals surface area contributed by atoms with E-state index < -0.39 is 0 Å². The summed E-state index contributed by atoms with van der Waals surface area (Å²) >= 11 is 0. The molecule has 1 aromatic heterocycles. The second-order valence-electron chi connectivity index (χ2n) is 4.36. The fourth-order valence-corrected chi connectivity index (χ4v) is 2.30. The quantitative estimate of drug-likeness (QED) is 0.709. The van der Waals surface area contributed by atoms with Crippen LogP contribution >= 0.6 is 0 Å². The molecule has 0 N–H and O–H groups in total. The Morgan fingerprint density at radius 3 is 2.87 bits per heavy atom. The van der Waals surface area contributed by atoms with Gasteiger partial charge in [0, 0.05) is 13.5 Å². The fourth-order valence-electron chi connectivity index (χ4n) is 2.30. The number of nitrogens with zero attached hydrogens (tertiary/aromatic N) is 3. The minimum atomic E-state index is 0.175. The Balaban J connectivity index is 1.84. The number of aryl methyl sites for hydroxylation is 1. The maximum Gasteiger partial charge on any atom is 0.182 e. The maximum atomic E-state index is 11.8. The van der Waals surface area contributed by atoms with E-state index in [1.165, 1.54) is 25.7 Å². The lowest BCUT2D eigenvalue weighted by molar-refractivity contribution is 0.0964. The molecule has 2 rings (SSSR count). The molecule has 82 valence electrons. The predicted octanol–water partition coefficient (Wildman–Crippen LogP) is 1.97. The number of hydrogen-bond acceptors (Lipinski definition) is 3. The monoisotopic (exact) mass is 207 g/mol. The normalized spacial score (nSPS) is 17.1. The van der Waals surface area contributed by atoms with Gasteiger partial charge in [0.2, 0.25) is 0 Å². The van der Waals surface area contributed by atoms with Crippen molar-refractivity contribution in [3.8, 4) is 0 Å². The number of rotatable bonds is 4. The van der Waals surface area contributed by atoms with Gasteiger partial charge in [-0.05, 0) is 12.3 Å². The van der Waals surface area contributed by atoms with Gasteiger partial charge < -0.3 is 0 Å². The molecule has 0 radical (unpaired) electrons. The number of hydrogen-bond donors (Lipinski definition) is 0. The first-order valence-electron chi connectivity index (χ1n) is 5.65. The van der Waals surface area contributed by atoms with Crippen LogP contribution in [0.1, 0.15) is 49.0 Å².